The van der Waals surface area contributed by atoms with Crippen LogP contribution in [-0.4, -0.2) is 20.6 Å². The summed E-state index contributed by atoms with van der Waals surface area (Å²) in [5.41, 5.74) is 0.179. The third kappa shape index (κ3) is 2.48. The van der Waals surface area contributed by atoms with Crippen LogP contribution in [0.5, 0.6) is 0 Å². The zero-order chi connectivity index (χ0) is 13.1. The predicted molar refractivity (Wildman–Crippen MR) is 63.9 cm³/mol. The molecule has 0 aliphatic heterocycles. The van der Waals surface area contributed by atoms with Crippen LogP contribution in [0.25, 0.3) is 0 Å². The monoisotopic (exact) mass is 249 g/mol. The highest BCUT2D eigenvalue weighted by Gasteiger charge is 2.08. The lowest BCUT2D eigenvalue weighted by Gasteiger charge is -2.08. The third-order valence-electron chi connectivity index (χ3n) is 2.57. The number of aryl methyl sites for hydroxylation is 1. The standard InChI is InChI=1S/C12H12FN3O2/c1-16-5-4-14-11(16)7-15-10-3-2-8(12(17)18)6-9(10)13/h2-6,15H,7H2,1H3,(H,17,18). The maximum Gasteiger partial charge on any atom is 0.335 e. The molecule has 0 aliphatic carbocycles. The molecular weight excluding hydrogens is 237 g/mol. The summed E-state index contributed by atoms with van der Waals surface area (Å²) in [5.74, 6) is -0.981. The fourth-order valence-corrected chi connectivity index (χ4v) is 1.53. The number of rotatable bonds is 4. The van der Waals surface area contributed by atoms with Gasteiger partial charge < -0.3 is 15.0 Å². The Morgan fingerprint density at radius 2 is 2.33 bits per heavy atom. The molecule has 1 aromatic carbocycles. The largest absolute Gasteiger partial charge is 0.478 e. The average Bonchev–Trinajstić information content (AvgIpc) is 2.73. The number of carbonyl (C=O) groups is 1. The van der Waals surface area contributed by atoms with Gasteiger partial charge in [0.15, 0.2) is 0 Å². The Morgan fingerprint density at radius 1 is 1.56 bits per heavy atom. The van der Waals surface area contributed by atoms with Crippen molar-refractivity contribution in [1.82, 2.24) is 9.55 Å². The number of nitrogens with one attached hydrogen (secondary N) is 1. The number of halogens is 1. The Kier molecular flexibility index (Phi) is 3.27. The lowest BCUT2D eigenvalue weighted by atomic mass is 10.2. The topological polar surface area (TPSA) is 67.2 Å². The number of hydrogen-bond acceptors (Lipinski definition) is 3. The Morgan fingerprint density at radius 3 is 2.89 bits per heavy atom. The van der Waals surface area contributed by atoms with Crippen LogP contribution in [0.1, 0.15) is 16.2 Å². The molecule has 2 aromatic rings. The van der Waals surface area contributed by atoms with Crippen LogP contribution >= 0.6 is 0 Å². The summed E-state index contributed by atoms with van der Waals surface area (Å²) in [7, 11) is 1.84. The van der Waals surface area contributed by atoms with E-state index in [-0.39, 0.29) is 11.3 Å². The molecule has 0 fully saturated rings. The molecule has 0 radical (unpaired) electrons. The second-order valence-corrected chi connectivity index (χ2v) is 3.81. The van der Waals surface area contributed by atoms with Gasteiger partial charge in [0.05, 0.1) is 17.8 Å². The minimum atomic E-state index is -1.15. The van der Waals surface area contributed by atoms with Crippen LogP contribution < -0.4 is 5.32 Å². The van der Waals surface area contributed by atoms with E-state index < -0.39 is 11.8 Å². The van der Waals surface area contributed by atoms with Crippen molar-refractivity contribution >= 4 is 11.7 Å². The molecule has 5 nitrogen and oxygen atoms in total. The number of aromatic carboxylic acids is 1. The molecular formula is C12H12FN3O2. The van der Waals surface area contributed by atoms with Crippen molar-refractivity contribution in [1.29, 1.82) is 0 Å². The van der Waals surface area contributed by atoms with E-state index in [0.29, 0.717) is 6.54 Å². The van der Waals surface area contributed by atoms with Crippen molar-refractivity contribution in [3.63, 3.8) is 0 Å². The minimum absolute atomic E-state index is 0.0740. The highest BCUT2D eigenvalue weighted by molar-refractivity contribution is 5.88. The van der Waals surface area contributed by atoms with Crippen LogP contribution in [0.4, 0.5) is 10.1 Å². The molecule has 0 atom stereocenters. The van der Waals surface area contributed by atoms with Gasteiger partial charge in [-0.3, -0.25) is 0 Å². The number of imidazole rings is 1. The summed E-state index contributed by atoms with van der Waals surface area (Å²) in [5, 5.41) is 11.6. The van der Waals surface area contributed by atoms with Crippen LogP contribution in [0.2, 0.25) is 0 Å². The third-order valence-corrected chi connectivity index (χ3v) is 2.57. The molecule has 0 amide bonds. The van der Waals surface area contributed by atoms with Crippen molar-refractivity contribution in [3.8, 4) is 0 Å². The summed E-state index contributed by atoms with van der Waals surface area (Å²) in [6, 6.07) is 3.75. The number of carboxylic acids is 1. The van der Waals surface area contributed by atoms with Gasteiger partial charge in [-0.2, -0.15) is 0 Å². The first-order valence-corrected chi connectivity index (χ1v) is 5.31. The van der Waals surface area contributed by atoms with Gasteiger partial charge in [-0.05, 0) is 18.2 Å². The van der Waals surface area contributed by atoms with Crippen molar-refractivity contribution < 1.29 is 14.3 Å². The van der Waals surface area contributed by atoms with Gasteiger partial charge in [0.25, 0.3) is 0 Å². The number of aromatic nitrogens is 2. The number of nitrogens with zero attached hydrogens (tertiary/aromatic N) is 2. The molecule has 1 aromatic heterocycles. The summed E-state index contributed by atoms with van der Waals surface area (Å²) >= 11 is 0. The Labute approximate surface area is 103 Å². The highest BCUT2D eigenvalue weighted by Crippen LogP contribution is 2.16. The second kappa shape index (κ2) is 4.87. The zero-order valence-electron chi connectivity index (χ0n) is 9.72. The molecule has 2 rings (SSSR count). The number of benzene rings is 1. The smallest absolute Gasteiger partial charge is 0.335 e. The highest BCUT2D eigenvalue weighted by atomic mass is 19.1. The molecule has 6 heteroatoms. The minimum Gasteiger partial charge on any atom is -0.478 e. The van der Waals surface area contributed by atoms with Crippen LogP contribution in [0.3, 0.4) is 0 Å². The number of hydrogen-bond donors (Lipinski definition) is 2. The molecule has 0 unspecified atom stereocenters. The van der Waals surface area contributed by atoms with E-state index in [1.165, 1.54) is 12.1 Å². The lowest BCUT2D eigenvalue weighted by Crippen LogP contribution is -2.07. The van der Waals surface area contributed by atoms with Gasteiger partial charge in [0, 0.05) is 19.4 Å². The first-order chi connectivity index (χ1) is 8.58. The molecule has 0 saturated heterocycles. The summed E-state index contributed by atoms with van der Waals surface area (Å²) < 4.78 is 15.4. The van der Waals surface area contributed by atoms with E-state index >= 15 is 0 Å². The van der Waals surface area contributed by atoms with E-state index in [1.54, 1.807) is 12.4 Å². The molecule has 0 bridgehead atoms. The average molecular weight is 249 g/mol. The van der Waals surface area contributed by atoms with Crippen LogP contribution in [-0.2, 0) is 13.6 Å². The number of carboxylic acid groups (broad SMARTS) is 1. The van der Waals surface area contributed by atoms with Gasteiger partial charge in [-0.25, -0.2) is 14.2 Å². The maximum absolute atomic E-state index is 13.6. The molecule has 1 heterocycles. The quantitative estimate of drug-likeness (QED) is 0.868. The van der Waals surface area contributed by atoms with Gasteiger partial charge in [-0.1, -0.05) is 0 Å². The van der Waals surface area contributed by atoms with Crippen LogP contribution in [0.15, 0.2) is 30.6 Å². The fraction of sp³-hybridized carbons (Fsp3) is 0.167. The Bertz CT molecular complexity index is 580. The van der Waals surface area contributed by atoms with Gasteiger partial charge in [0.1, 0.15) is 11.6 Å². The molecule has 94 valence electrons. The van der Waals surface area contributed by atoms with E-state index in [1.807, 2.05) is 11.6 Å². The maximum atomic E-state index is 13.6. The first kappa shape index (κ1) is 12.1. The second-order valence-electron chi connectivity index (χ2n) is 3.81. The van der Waals surface area contributed by atoms with Crippen molar-refractivity contribution in [2.24, 2.45) is 7.05 Å². The predicted octanol–water partition coefficient (Wildman–Crippen LogP) is 1.87. The molecule has 0 spiro atoms. The van der Waals surface area contributed by atoms with Gasteiger partial charge in [0.2, 0.25) is 0 Å². The van der Waals surface area contributed by atoms with E-state index in [9.17, 15) is 9.18 Å². The van der Waals surface area contributed by atoms with E-state index in [4.69, 9.17) is 5.11 Å². The first-order valence-electron chi connectivity index (χ1n) is 5.31. The molecule has 2 N–H and O–H groups in total. The van der Waals surface area contributed by atoms with E-state index in [2.05, 4.69) is 10.3 Å². The lowest BCUT2D eigenvalue weighted by molar-refractivity contribution is 0.0696. The van der Waals surface area contributed by atoms with Crippen molar-refractivity contribution in [3.05, 3.63) is 47.8 Å². The normalized spacial score (nSPS) is 10.3. The molecule has 0 aliphatic rings. The van der Waals surface area contributed by atoms with Crippen molar-refractivity contribution in [2.75, 3.05) is 5.32 Å². The van der Waals surface area contributed by atoms with Gasteiger partial charge >= 0.3 is 5.97 Å². The molecule has 18 heavy (non-hydrogen) atoms. The Hall–Kier alpha value is -2.37. The van der Waals surface area contributed by atoms with E-state index in [0.717, 1.165) is 11.9 Å². The fourth-order valence-electron chi connectivity index (χ4n) is 1.53. The molecule has 0 saturated carbocycles. The summed E-state index contributed by atoms with van der Waals surface area (Å²) in [4.78, 5) is 14.7. The van der Waals surface area contributed by atoms with Crippen molar-refractivity contribution in [2.45, 2.75) is 6.54 Å². The SMILES string of the molecule is Cn1ccnc1CNc1ccc(C(=O)O)cc1F. The number of anilines is 1. The van der Waals surface area contributed by atoms with Gasteiger partial charge in [-0.15, -0.1) is 0 Å². The van der Waals surface area contributed by atoms with Crippen LogP contribution in [0, 0.1) is 5.82 Å². The Balaban J connectivity index is 2.11. The summed E-state index contributed by atoms with van der Waals surface area (Å²) in [6.45, 7) is 0.368. The zero-order valence-corrected chi connectivity index (χ0v) is 9.72. The summed E-state index contributed by atoms with van der Waals surface area (Å²) in [6.07, 6.45) is 3.45.